The average molecular weight is 375 g/mol. The second-order valence-corrected chi connectivity index (χ2v) is 7.13. The second-order valence-electron chi connectivity index (χ2n) is 7.13. The van der Waals surface area contributed by atoms with Gasteiger partial charge in [-0.15, -0.1) is 0 Å². The molecule has 142 valence electrons. The first-order valence-electron chi connectivity index (χ1n) is 9.70. The first-order chi connectivity index (χ1) is 13.8. The summed E-state index contributed by atoms with van der Waals surface area (Å²) in [7, 11) is 0. The van der Waals surface area contributed by atoms with Crippen LogP contribution in [-0.4, -0.2) is 52.0 Å². The highest BCUT2D eigenvalue weighted by atomic mass is 16.5. The van der Waals surface area contributed by atoms with E-state index in [9.17, 15) is 4.79 Å². The number of rotatable bonds is 2. The highest BCUT2D eigenvalue weighted by molar-refractivity contribution is 5.95. The van der Waals surface area contributed by atoms with Crippen molar-refractivity contribution >= 4 is 28.4 Å². The fraction of sp³-hybridized carbons (Fsp3) is 0.333. The largest absolute Gasteiger partial charge is 0.488 e. The number of anilines is 2. The Morgan fingerprint density at radius 2 is 1.75 bits per heavy atom. The minimum Gasteiger partial charge on any atom is -0.488 e. The molecule has 5 rings (SSSR count). The van der Waals surface area contributed by atoms with Gasteiger partial charge in [0.1, 0.15) is 6.61 Å². The number of aromatic nitrogens is 3. The number of likely N-dealkylation sites (tertiary alicyclic amines) is 1. The van der Waals surface area contributed by atoms with E-state index < -0.39 is 0 Å². The number of piperidine rings is 1. The minimum absolute atomic E-state index is 0.0386. The zero-order valence-electron chi connectivity index (χ0n) is 15.5. The Kier molecular flexibility index (Phi) is 4.27. The molecule has 0 spiro atoms. The zero-order valence-corrected chi connectivity index (χ0v) is 15.5. The first kappa shape index (κ1) is 16.9. The highest BCUT2D eigenvalue weighted by Gasteiger charge is 2.25. The molecule has 0 atom stereocenters. The van der Waals surface area contributed by atoms with Crippen molar-refractivity contribution in [3.63, 3.8) is 0 Å². The number of carbonyl (C=O) groups is 1. The lowest BCUT2D eigenvalue weighted by atomic mass is 10.1. The van der Waals surface area contributed by atoms with Crippen molar-refractivity contribution in [2.24, 2.45) is 0 Å². The second kappa shape index (κ2) is 7.07. The number of fused-ring (bicyclic) bond motifs is 2. The van der Waals surface area contributed by atoms with Crippen LogP contribution < -0.4 is 9.64 Å². The third kappa shape index (κ3) is 3.02. The van der Waals surface area contributed by atoms with E-state index in [0.717, 1.165) is 48.5 Å². The third-order valence-corrected chi connectivity index (χ3v) is 5.32. The Balaban J connectivity index is 1.46. The average Bonchev–Trinajstić information content (AvgIpc) is 2.78. The molecule has 0 unspecified atom stereocenters. The summed E-state index contributed by atoms with van der Waals surface area (Å²) < 4.78 is 5.84. The number of hydrogen-bond acceptors (Lipinski definition) is 6. The van der Waals surface area contributed by atoms with E-state index in [4.69, 9.17) is 4.74 Å². The van der Waals surface area contributed by atoms with E-state index in [1.165, 1.54) is 6.42 Å². The van der Waals surface area contributed by atoms with E-state index >= 15 is 0 Å². The molecule has 2 aliphatic heterocycles. The van der Waals surface area contributed by atoms with E-state index in [0.29, 0.717) is 24.5 Å². The number of pyridine rings is 1. The summed E-state index contributed by atoms with van der Waals surface area (Å²) in [5, 5.41) is 0. The van der Waals surface area contributed by atoms with Crippen molar-refractivity contribution in [1.29, 1.82) is 0 Å². The van der Waals surface area contributed by atoms with Crippen LogP contribution >= 0.6 is 0 Å². The van der Waals surface area contributed by atoms with Gasteiger partial charge in [0.2, 0.25) is 0 Å². The lowest BCUT2D eigenvalue weighted by Crippen LogP contribution is -2.36. The molecule has 4 heterocycles. The van der Waals surface area contributed by atoms with Crippen LogP contribution in [0.5, 0.6) is 5.75 Å². The Labute approximate surface area is 163 Å². The lowest BCUT2D eigenvalue weighted by Gasteiger charge is -2.31. The van der Waals surface area contributed by atoms with Crippen LogP contribution in [0.2, 0.25) is 0 Å². The van der Waals surface area contributed by atoms with Crippen molar-refractivity contribution in [3.8, 4) is 5.75 Å². The van der Waals surface area contributed by atoms with Crippen molar-refractivity contribution in [2.45, 2.75) is 19.3 Å². The van der Waals surface area contributed by atoms with E-state index in [-0.39, 0.29) is 5.91 Å². The van der Waals surface area contributed by atoms with Crippen molar-refractivity contribution in [2.75, 3.05) is 31.1 Å². The van der Waals surface area contributed by atoms with Gasteiger partial charge in [-0.05, 0) is 43.5 Å². The molecule has 2 aliphatic rings. The monoisotopic (exact) mass is 375 g/mol. The number of carbonyl (C=O) groups excluding carboxylic acids is 1. The maximum absolute atomic E-state index is 12.8. The van der Waals surface area contributed by atoms with Gasteiger partial charge < -0.3 is 14.5 Å². The van der Waals surface area contributed by atoms with Gasteiger partial charge in [0, 0.05) is 37.4 Å². The molecule has 2 aromatic heterocycles. The summed E-state index contributed by atoms with van der Waals surface area (Å²) >= 11 is 0. The van der Waals surface area contributed by atoms with Gasteiger partial charge in [-0.25, -0.2) is 4.98 Å². The molecule has 28 heavy (non-hydrogen) atoms. The van der Waals surface area contributed by atoms with Gasteiger partial charge in [-0.1, -0.05) is 0 Å². The van der Waals surface area contributed by atoms with Crippen molar-refractivity contribution in [3.05, 3.63) is 48.4 Å². The van der Waals surface area contributed by atoms with Gasteiger partial charge in [0.25, 0.3) is 5.91 Å². The minimum atomic E-state index is 0.0386. The fourth-order valence-corrected chi connectivity index (χ4v) is 3.87. The molecule has 7 nitrogen and oxygen atoms in total. The summed E-state index contributed by atoms with van der Waals surface area (Å²) in [6, 6.07) is 7.81. The molecule has 0 bridgehead atoms. The van der Waals surface area contributed by atoms with Crippen LogP contribution in [-0.2, 0) is 0 Å². The molecule has 1 aromatic carbocycles. The van der Waals surface area contributed by atoms with Crippen LogP contribution in [0.25, 0.3) is 11.0 Å². The summed E-state index contributed by atoms with van der Waals surface area (Å²) in [6.45, 7) is 2.86. The molecule has 7 heteroatoms. The number of benzene rings is 1. The number of amides is 1. The Bertz CT molecular complexity index is 1030. The number of nitrogens with zero attached hydrogens (tertiary/aromatic N) is 5. The summed E-state index contributed by atoms with van der Waals surface area (Å²) in [4.78, 5) is 30.1. The normalized spacial score (nSPS) is 16.6. The number of hydrogen-bond donors (Lipinski definition) is 0. The zero-order chi connectivity index (χ0) is 18.9. The van der Waals surface area contributed by atoms with E-state index in [2.05, 4.69) is 19.9 Å². The van der Waals surface area contributed by atoms with Gasteiger partial charge in [0.05, 0.1) is 23.1 Å². The smallest absolute Gasteiger partial charge is 0.255 e. The maximum Gasteiger partial charge on any atom is 0.255 e. The third-order valence-electron chi connectivity index (χ3n) is 5.32. The van der Waals surface area contributed by atoms with Crippen LogP contribution in [0, 0.1) is 0 Å². The molecular weight excluding hydrogens is 354 g/mol. The van der Waals surface area contributed by atoms with Crippen LogP contribution in [0.1, 0.15) is 29.6 Å². The van der Waals surface area contributed by atoms with E-state index in [1.807, 2.05) is 29.2 Å². The maximum atomic E-state index is 12.8. The van der Waals surface area contributed by atoms with Gasteiger partial charge in [0.15, 0.2) is 11.6 Å². The molecule has 0 radical (unpaired) electrons. The number of ether oxygens (including phenoxy) is 1. The SMILES string of the molecule is O=C(c1cnc2c(c1)OCCN2c1ccc2nccnc2c1)N1CCCCC1. The molecule has 0 N–H and O–H groups in total. The summed E-state index contributed by atoms with van der Waals surface area (Å²) in [5.74, 6) is 1.41. The lowest BCUT2D eigenvalue weighted by molar-refractivity contribution is 0.0723. The van der Waals surface area contributed by atoms with Gasteiger partial charge in [-0.3, -0.25) is 14.8 Å². The van der Waals surface area contributed by atoms with Crippen LogP contribution in [0.3, 0.4) is 0 Å². The van der Waals surface area contributed by atoms with Crippen molar-refractivity contribution < 1.29 is 9.53 Å². The van der Waals surface area contributed by atoms with E-state index in [1.54, 1.807) is 18.6 Å². The Morgan fingerprint density at radius 3 is 2.61 bits per heavy atom. The van der Waals surface area contributed by atoms with Crippen LogP contribution in [0.15, 0.2) is 42.9 Å². The molecule has 3 aromatic rings. The summed E-state index contributed by atoms with van der Waals surface area (Å²) in [6.07, 6.45) is 8.38. The predicted molar refractivity (Wildman–Crippen MR) is 106 cm³/mol. The standard InChI is InChI=1S/C21H21N5O2/c27-21(25-8-2-1-3-9-25)15-12-19-20(24-14-15)26(10-11-28-19)16-4-5-17-18(13-16)23-7-6-22-17/h4-7,12-14H,1-3,8-11H2. The van der Waals surface area contributed by atoms with Crippen molar-refractivity contribution in [1.82, 2.24) is 19.9 Å². The molecule has 1 amide bonds. The topological polar surface area (TPSA) is 71.5 Å². The Morgan fingerprint density at radius 1 is 0.929 bits per heavy atom. The van der Waals surface area contributed by atoms with Crippen LogP contribution in [0.4, 0.5) is 11.5 Å². The van der Waals surface area contributed by atoms with Gasteiger partial charge in [-0.2, -0.15) is 0 Å². The quantitative estimate of drug-likeness (QED) is 0.685. The first-order valence-corrected chi connectivity index (χ1v) is 9.70. The molecular formula is C21H21N5O2. The summed E-state index contributed by atoms with van der Waals surface area (Å²) in [5.41, 5.74) is 3.27. The molecule has 0 aliphatic carbocycles. The fourth-order valence-electron chi connectivity index (χ4n) is 3.87. The predicted octanol–water partition coefficient (Wildman–Crippen LogP) is 3.18. The molecule has 0 saturated carbocycles. The Hall–Kier alpha value is -3.22. The molecule has 1 fully saturated rings. The van der Waals surface area contributed by atoms with Gasteiger partial charge >= 0.3 is 0 Å². The highest BCUT2D eigenvalue weighted by Crippen LogP contribution is 2.36. The molecule has 1 saturated heterocycles.